The van der Waals surface area contributed by atoms with Gasteiger partial charge >= 0.3 is 6.09 Å². The zero-order chi connectivity index (χ0) is 21.0. The lowest BCUT2D eigenvalue weighted by molar-refractivity contribution is 0.0528. The number of carbonyl (C=O) groups is 1. The molecule has 0 saturated carbocycles. The quantitative estimate of drug-likeness (QED) is 0.737. The highest BCUT2D eigenvalue weighted by atomic mass is 16.6. The molecule has 0 fully saturated rings. The fraction of sp³-hybridized carbons (Fsp3) is 0.273. The Morgan fingerprint density at radius 2 is 1.90 bits per heavy atom. The van der Waals surface area contributed by atoms with Crippen molar-refractivity contribution in [3.63, 3.8) is 0 Å². The second-order valence-corrected chi connectivity index (χ2v) is 7.49. The van der Waals surface area contributed by atoms with Crippen LogP contribution in [0.1, 0.15) is 32.2 Å². The third-order valence-corrected chi connectivity index (χ3v) is 4.12. The van der Waals surface area contributed by atoms with E-state index >= 15 is 0 Å². The summed E-state index contributed by atoms with van der Waals surface area (Å²) in [5.41, 5.74) is 0.472. The maximum absolute atomic E-state index is 13.3. The monoisotopic (exact) mass is 390 g/mol. The molecule has 7 nitrogen and oxygen atoms in total. The molecule has 1 N–H and O–H groups in total. The standard InChI is InChI=1S/C22H22N4O3/c1-22(2,3)29-21(28)24-13-12-18-25-17-11-7-8-15(14-23)19(17)20(27)26(18)16-9-5-4-6-10-16/h4-11H,12-13H2,1-3H3,(H,24,28). The van der Waals surface area contributed by atoms with Gasteiger partial charge in [0, 0.05) is 13.0 Å². The zero-order valence-corrected chi connectivity index (χ0v) is 16.6. The lowest BCUT2D eigenvalue weighted by Gasteiger charge is -2.20. The van der Waals surface area contributed by atoms with Crippen LogP contribution in [0, 0.1) is 11.3 Å². The zero-order valence-electron chi connectivity index (χ0n) is 16.6. The number of ether oxygens (including phenoxy) is 1. The van der Waals surface area contributed by atoms with Crippen LogP contribution in [-0.4, -0.2) is 27.8 Å². The highest BCUT2D eigenvalue weighted by Crippen LogP contribution is 2.16. The molecule has 0 atom stereocenters. The highest BCUT2D eigenvalue weighted by molar-refractivity contribution is 5.84. The maximum Gasteiger partial charge on any atom is 0.407 e. The van der Waals surface area contributed by atoms with Gasteiger partial charge in [0.05, 0.1) is 22.2 Å². The number of alkyl carbamates (subject to hydrolysis) is 1. The number of aromatic nitrogens is 2. The van der Waals surface area contributed by atoms with E-state index in [1.165, 1.54) is 4.57 Å². The van der Waals surface area contributed by atoms with E-state index in [0.29, 0.717) is 23.4 Å². The lowest BCUT2D eigenvalue weighted by atomic mass is 10.1. The van der Waals surface area contributed by atoms with Crippen LogP contribution in [0.4, 0.5) is 4.79 Å². The molecule has 3 aromatic rings. The Labute approximate surface area is 168 Å². The van der Waals surface area contributed by atoms with Crippen LogP contribution >= 0.6 is 0 Å². The Kier molecular flexibility index (Phi) is 5.64. The Morgan fingerprint density at radius 3 is 2.55 bits per heavy atom. The van der Waals surface area contributed by atoms with E-state index in [2.05, 4.69) is 16.4 Å². The summed E-state index contributed by atoms with van der Waals surface area (Å²) in [6, 6.07) is 16.2. The topological polar surface area (TPSA) is 97.0 Å². The molecule has 0 bridgehead atoms. The second-order valence-electron chi connectivity index (χ2n) is 7.49. The van der Waals surface area contributed by atoms with E-state index in [9.17, 15) is 14.9 Å². The summed E-state index contributed by atoms with van der Waals surface area (Å²) in [7, 11) is 0. The number of nitrogens with zero attached hydrogens (tertiary/aromatic N) is 3. The van der Waals surface area contributed by atoms with Crippen molar-refractivity contribution in [2.24, 2.45) is 0 Å². The molecule has 0 unspecified atom stereocenters. The number of benzene rings is 2. The number of nitrogens with one attached hydrogen (secondary N) is 1. The smallest absolute Gasteiger partial charge is 0.407 e. The largest absolute Gasteiger partial charge is 0.444 e. The summed E-state index contributed by atoms with van der Waals surface area (Å²) in [6.07, 6.45) is -0.213. The highest BCUT2D eigenvalue weighted by Gasteiger charge is 2.18. The van der Waals surface area contributed by atoms with Gasteiger partial charge in [-0.05, 0) is 45.0 Å². The van der Waals surface area contributed by atoms with Gasteiger partial charge in [0.1, 0.15) is 17.5 Å². The molecule has 0 aliphatic carbocycles. The van der Waals surface area contributed by atoms with Gasteiger partial charge in [-0.2, -0.15) is 5.26 Å². The molecule has 3 rings (SSSR count). The van der Waals surface area contributed by atoms with Crippen LogP contribution in [0.25, 0.3) is 16.6 Å². The molecule has 29 heavy (non-hydrogen) atoms. The van der Waals surface area contributed by atoms with Crippen LogP contribution in [0.3, 0.4) is 0 Å². The summed E-state index contributed by atoms with van der Waals surface area (Å²) in [5.74, 6) is 0.486. The van der Waals surface area contributed by atoms with Gasteiger partial charge in [-0.1, -0.05) is 24.3 Å². The third-order valence-electron chi connectivity index (χ3n) is 4.12. The van der Waals surface area contributed by atoms with Crippen LogP contribution in [0.15, 0.2) is 53.3 Å². The fourth-order valence-electron chi connectivity index (χ4n) is 2.97. The molecule has 1 amide bonds. The molecule has 0 aliphatic heterocycles. The number of amides is 1. The van der Waals surface area contributed by atoms with E-state index in [4.69, 9.17) is 4.74 Å². The van der Waals surface area contributed by atoms with E-state index < -0.39 is 11.7 Å². The number of hydrogen-bond acceptors (Lipinski definition) is 5. The van der Waals surface area contributed by atoms with E-state index in [0.717, 1.165) is 0 Å². The first-order valence-electron chi connectivity index (χ1n) is 9.27. The van der Waals surface area contributed by atoms with Crippen molar-refractivity contribution >= 4 is 17.0 Å². The number of fused-ring (bicyclic) bond motifs is 1. The van der Waals surface area contributed by atoms with Crippen molar-refractivity contribution in [1.29, 1.82) is 5.26 Å². The van der Waals surface area contributed by atoms with Crippen molar-refractivity contribution in [2.45, 2.75) is 32.8 Å². The Hall–Kier alpha value is -3.66. The van der Waals surface area contributed by atoms with Gasteiger partial charge in [-0.15, -0.1) is 0 Å². The second kappa shape index (κ2) is 8.15. The fourth-order valence-corrected chi connectivity index (χ4v) is 2.97. The first kappa shape index (κ1) is 20.1. The van der Waals surface area contributed by atoms with Gasteiger partial charge in [-0.25, -0.2) is 9.78 Å². The van der Waals surface area contributed by atoms with Crippen molar-refractivity contribution in [3.8, 4) is 11.8 Å². The molecular formula is C22H22N4O3. The summed E-state index contributed by atoms with van der Waals surface area (Å²) in [5, 5.41) is 12.4. The molecule has 0 radical (unpaired) electrons. The predicted molar refractivity (Wildman–Crippen MR) is 110 cm³/mol. The van der Waals surface area contributed by atoms with Gasteiger partial charge in [0.15, 0.2) is 0 Å². The van der Waals surface area contributed by atoms with Crippen LogP contribution in [-0.2, 0) is 11.2 Å². The first-order chi connectivity index (χ1) is 13.8. The molecule has 148 valence electrons. The van der Waals surface area contributed by atoms with Gasteiger partial charge < -0.3 is 10.1 Å². The molecule has 2 aromatic carbocycles. The minimum atomic E-state index is -0.592. The number of carbonyl (C=O) groups excluding carboxylic acids is 1. The van der Waals surface area contributed by atoms with Crippen LogP contribution < -0.4 is 10.9 Å². The van der Waals surface area contributed by atoms with Gasteiger partial charge in [-0.3, -0.25) is 9.36 Å². The lowest BCUT2D eigenvalue weighted by Crippen LogP contribution is -2.34. The molecular weight excluding hydrogens is 368 g/mol. The maximum atomic E-state index is 13.3. The normalized spacial score (nSPS) is 11.1. The van der Waals surface area contributed by atoms with Crippen molar-refractivity contribution < 1.29 is 9.53 Å². The molecule has 1 heterocycles. The van der Waals surface area contributed by atoms with E-state index in [-0.39, 0.29) is 23.1 Å². The average Bonchev–Trinajstić information content (AvgIpc) is 2.67. The first-order valence-corrected chi connectivity index (χ1v) is 9.27. The average molecular weight is 390 g/mol. The van der Waals surface area contributed by atoms with Crippen LogP contribution in [0.2, 0.25) is 0 Å². The summed E-state index contributed by atoms with van der Waals surface area (Å²) in [6.45, 7) is 5.61. The number of rotatable bonds is 4. The number of nitriles is 1. The molecule has 0 spiro atoms. The summed E-state index contributed by atoms with van der Waals surface area (Å²) in [4.78, 5) is 29.8. The molecule has 1 aromatic heterocycles. The molecule has 7 heteroatoms. The van der Waals surface area contributed by atoms with Gasteiger partial charge in [0.2, 0.25) is 0 Å². The van der Waals surface area contributed by atoms with Crippen molar-refractivity contribution in [1.82, 2.24) is 14.9 Å². The van der Waals surface area contributed by atoms with E-state index in [1.54, 1.807) is 51.1 Å². The van der Waals surface area contributed by atoms with E-state index in [1.807, 2.05) is 18.2 Å². The Balaban J connectivity index is 2.01. The van der Waals surface area contributed by atoms with Crippen molar-refractivity contribution in [3.05, 3.63) is 70.3 Å². The minimum absolute atomic E-state index is 0.248. The Bertz CT molecular complexity index is 1140. The predicted octanol–water partition coefficient (Wildman–Crippen LogP) is 3.32. The molecule has 0 saturated heterocycles. The number of hydrogen-bond donors (Lipinski definition) is 1. The minimum Gasteiger partial charge on any atom is -0.444 e. The third kappa shape index (κ3) is 4.61. The SMILES string of the molecule is CC(C)(C)OC(=O)NCCc1nc2cccc(C#N)c2c(=O)n1-c1ccccc1. The molecule has 0 aliphatic rings. The summed E-state index contributed by atoms with van der Waals surface area (Å²) < 4.78 is 6.73. The summed E-state index contributed by atoms with van der Waals surface area (Å²) >= 11 is 0. The van der Waals surface area contributed by atoms with Crippen molar-refractivity contribution in [2.75, 3.05) is 6.54 Å². The number of para-hydroxylation sites is 1. The van der Waals surface area contributed by atoms with Gasteiger partial charge in [0.25, 0.3) is 5.56 Å². The Morgan fingerprint density at radius 1 is 1.17 bits per heavy atom. The van der Waals surface area contributed by atoms with Crippen LogP contribution in [0.5, 0.6) is 0 Å².